The fraction of sp³-hybridized carbons (Fsp3) is 0.293. The van der Waals surface area contributed by atoms with Crippen LogP contribution in [0, 0.1) is 31.0 Å². The number of fused-ring (bicyclic) bond motifs is 1. The Balaban J connectivity index is 1.29. The average Bonchev–Trinajstić information content (AvgIpc) is 3.61. The van der Waals surface area contributed by atoms with E-state index in [0.717, 1.165) is 18.7 Å². The number of carbonyl (C=O) groups excluding carboxylic acids is 2. The molecule has 52 heavy (non-hydrogen) atoms. The lowest BCUT2D eigenvalue weighted by atomic mass is 9.92. The van der Waals surface area contributed by atoms with Crippen molar-refractivity contribution in [3.8, 4) is 23.1 Å². The molecule has 0 saturated carbocycles. The summed E-state index contributed by atoms with van der Waals surface area (Å²) in [7, 11) is 3.59. The van der Waals surface area contributed by atoms with E-state index in [1.54, 1.807) is 41.9 Å². The number of benzene rings is 3. The maximum atomic E-state index is 15.1. The van der Waals surface area contributed by atoms with E-state index in [0.29, 0.717) is 78.0 Å². The van der Waals surface area contributed by atoms with Crippen molar-refractivity contribution < 1.29 is 23.8 Å². The molecule has 2 amide bonds. The molecular formula is C41H41FN6O4. The van der Waals surface area contributed by atoms with Crippen molar-refractivity contribution in [2.24, 2.45) is 14.1 Å². The molecule has 2 aliphatic heterocycles. The van der Waals surface area contributed by atoms with Gasteiger partial charge < -0.3 is 23.9 Å². The van der Waals surface area contributed by atoms with E-state index in [2.05, 4.69) is 17.0 Å². The number of hydrogen-bond acceptors (Lipinski definition) is 6. The smallest absolute Gasteiger partial charge is 0.264 e. The minimum atomic E-state index is -0.525. The Kier molecular flexibility index (Phi) is 9.44. The van der Waals surface area contributed by atoms with Gasteiger partial charge in [0.15, 0.2) is 0 Å². The Bertz CT molecular complexity index is 2210. The molecule has 0 spiro atoms. The summed E-state index contributed by atoms with van der Waals surface area (Å²) in [5.41, 5.74) is 6.71. The van der Waals surface area contributed by atoms with Crippen LogP contribution in [0.3, 0.4) is 0 Å². The van der Waals surface area contributed by atoms with E-state index in [1.165, 1.54) is 34.7 Å². The Morgan fingerprint density at radius 2 is 1.63 bits per heavy atom. The summed E-state index contributed by atoms with van der Waals surface area (Å²) in [6.45, 7) is 7.60. The number of halogens is 1. The van der Waals surface area contributed by atoms with Gasteiger partial charge in [-0.15, -0.1) is 0 Å². The number of morpholine rings is 1. The third-order valence-corrected chi connectivity index (χ3v) is 10.6. The SMILES string of the molecule is Cc1c(N(C(=O)c2cc(-c3ccc(F)cc3C(=O)N3Cc4ccccc4C[C@H]3CN3CCOCC3)n(C)c2C)c2ccc(O)cc2)cc(C#N)n1C. The largest absolute Gasteiger partial charge is 0.508 e. The van der Waals surface area contributed by atoms with Crippen molar-refractivity contribution >= 4 is 23.2 Å². The highest BCUT2D eigenvalue weighted by Crippen LogP contribution is 2.37. The highest BCUT2D eigenvalue weighted by atomic mass is 19.1. The van der Waals surface area contributed by atoms with Crippen molar-refractivity contribution in [1.29, 1.82) is 5.26 Å². The predicted octanol–water partition coefficient (Wildman–Crippen LogP) is 6.24. The van der Waals surface area contributed by atoms with E-state index in [9.17, 15) is 20.0 Å². The molecule has 7 rings (SSSR count). The summed E-state index contributed by atoms with van der Waals surface area (Å²) < 4.78 is 24.3. The van der Waals surface area contributed by atoms with Crippen molar-refractivity contribution in [3.63, 3.8) is 0 Å². The van der Waals surface area contributed by atoms with Crippen LogP contribution in [0.5, 0.6) is 5.75 Å². The molecular weight excluding hydrogens is 659 g/mol. The first-order valence-corrected chi connectivity index (χ1v) is 17.4. The number of nitrogens with zero attached hydrogens (tertiary/aromatic N) is 6. The lowest BCUT2D eigenvalue weighted by Crippen LogP contribution is -2.52. The van der Waals surface area contributed by atoms with Crippen LogP contribution in [0.25, 0.3) is 11.3 Å². The van der Waals surface area contributed by atoms with E-state index >= 15 is 4.39 Å². The van der Waals surface area contributed by atoms with Crippen LogP contribution in [-0.4, -0.2) is 74.7 Å². The molecule has 1 fully saturated rings. The highest BCUT2D eigenvalue weighted by molar-refractivity contribution is 6.13. The zero-order valence-electron chi connectivity index (χ0n) is 29.8. The molecule has 5 aromatic rings. The van der Waals surface area contributed by atoms with Crippen molar-refractivity contribution in [2.75, 3.05) is 37.7 Å². The summed E-state index contributed by atoms with van der Waals surface area (Å²) in [5, 5.41) is 19.8. The Hall–Kier alpha value is -5.70. The molecule has 1 atom stereocenters. The number of hydrogen-bond donors (Lipinski definition) is 1. The first-order valence-electron chi connectivity index (χ1n) is 17.4. The molecule has 0 radical (unpaired) electrons. The van der Waals surface area contributed by atoms with Gasteiger partial charge in [0.25, 0.3) is 11.8 Å². The van der Waals surface area contributed by atoms with Gasteiger partial charge in [0.2, 0.25) is 0 Å². The monoisotopic (exact) mass is 700 g/mol. The fourth-order valence-corrected chi connectivity index (χ4v) is 7.42. The van der Waals surface area contributed by atoms with Gasteiger partial charge in [0, 0.05) is 74.6 Å². The Labute approximate surface area is 302 Å². The van der Waals surface area contributed by atoms with Crippen LogP contribution in [0.4, 0.5) is 15.8 Å². The van der Waals surface area contributed by atoms with Crippen LogP contribution in [-0.2, 0) is 31.8 Å². The number of rotatable bonds is 7. The number of anilines is 2. The van der Waals surface area contributed by atoms with E-state index in [-0.39, 0.29) is 29.2 Å². The average molecular weight is 701 g/mol. The summed E-state index contributed by atoms with van der Waals surface area (Å²) in [6.07, 6.45) is 0.686. The lowest BCUT2D eigenvalue weighted by molar-refractivity contribution is 0.0193. The Morgan fingerprint density at radius 3 is 2.33 bits per heavy atom. The second-order valence-corrected chi connectivity index (χ2v) is 13.6. The van der Waals surface area contributed by atoms with Crippen LogP contribution in [0.1, 0.15) is 48.9 Å². The minimum absolute atomic E-state index is 0.0507. The molecule has 266 valence electrons. The van der Waals surface area contributed by atoms with Crippen LogP contribution in [0.2, 0.25) is 0 Å². The maximum Gasteiger partial charge on any atom is 0.264 e. The molecule has 0 aliphatic carbocycles. The van der Waals surface area contributed by atoms with Crippen molar-refractivity contribution in [3.05, 3.63) is 124 Å². The van der Waals surface area contributed by atoms with E-state index in [4.69, 9.17) is 4.74 Å². The molecule has 2 aliphatic rings. The molecule has 4 heterocycles. The predicted molar refractivity (Wildman–Crippen MR) is 196 cm³/mol. The van der Waals surface area contributed by atoms with Gasteiger partial charge in [0.1, 0.15) is 23.3 Å². The molecule has 0 unspecified atom stereocenters. The van der Waals surface area contributed by atoms with Gasteiger partial charge in [0.05, 0.1) is 30.0 Å². The number of aromatic nitrogens is 2. The van der Waals surface area contributed by atoms with Gasteiger partial charge in [-0.25, -0.2) is 4.39 Å². The van der Waals surface area contributed by atoms with Crippen LogP contribution < -0.4 is 4.90 Å². The summed E-state index contributed by atoms with van der Waals surface area (Å²) in [4.78, 5) is 35.1. The molecule has 11 heteroatoms. The van der Waals surface area contributed by atoms with Gasteiger partial charge in [-0.1, -0.05) is 24.3 Å². The second kappa shape index (κ2) is 14.1. The normalized spacial score (nSPS) is 16.0. The zero-order chi connectivity index (χ0) is 36.7. The number of phenols is 1. The number of carbonyl (C=O) groups is 2. The van der Waals surface area contributed by atoms with Crippen molar-refractivity contribution in [1.82, 2.24) is 18.9 Å². The topological polar surface area (TPSA) is 107 Å². The first-order chi connectivity index (χ1) is 25.0. The minimum Gasteiger partial charge on any atom is -0.508 e. The van der Waals surface area contributed by atoms with Crippen LogP contribution >= 0.6 is 0 Å². The quantitative estimate of drug-likeness (QED) is 0.216. The number of amides is 2. The van der Waals surface area contributed by atoms with Gasteiger partial charge in [-0.2, -0.15) is 5.26 Å². The molecule has 3 aromatic carbocycles. The van der Waals surface area contributed by atoms with Gasteiger partial charge in [-0.3, -0.25) is 19.4 Å². The molecule has 2 aromatic heterocycles. The van der Waals surface area contributed by atoms with Gasteiger partial charge in [-0.05, 0) is 86.0 Å². The van der Waals surface area contributed by atoms with Crippen molar-refractivity contribution in [2.45, 2.75) is 32.9 Å². The maximum absolute atomic E-state index is 15.1. The second-order valence-electron chi connectivity index (χ2n) is 13.6. The summed E-state index contributed by atoms with van der Waals surface area (Å²) in [5.74, 6) is -1.11. The Morgan fingerprint density at radius 1 is 0.923 bits per heavy atom. The van der Waals surface area contributed by atoms with Crippen LogP contribution in [0.15, 0.2) is 78.9 Å². The van der Waals surface area contributed by atoms with E-state index < -0.39 is 5.82 Å². The number of aromatic hydroxyl groups is 1. The molecule has 10 nitrogen and oxygen atoms in total. The number of ether oxygens (including phenoxy) is 1. The molecule has 1 N–H and O–H groups in total. The standard InChI is InChI=1S/C41H41FN6O4/c1-26-36(41(51)48(31-10-12-34(49)13-11-31)38-21-32(23-43)44(3)27(38)2)22-39(45(26)4)35-14-9-30(42)20-37(35)40(50)47-24-29-8-6-5-7-28(29)19-33(47)25-46-15-17-52-18-16-46/h5-14,20-22,33,49H,15-19,24-25H2,1-4H3/t33-/m0/s1. The molecule has 0 bridgehead atoms. The zero-order valence-corrected chi connectivity index (χ0v) is 29.8. The highest BCUT2D eigenvalue weighted by Gasteiger charge is 2.34. The van der Waals surface area contributed by atoms with Gasteiger partial charge >= 0.3 is 0 Å². The number of nitriles is 1. The van der Waals surface area contributed by atoms with E-state index in [1.807, 2.05) is 48.6 Å². The third-order valence-electron chi connectivity index (χ3n) is 10.6. The fourth-order valence-electron chi connectivity index (χ4n) is 7.42. The lowest BCUT2D eigenvalue weighted by Gasteiger charge is -2.40. The molecule has 1 saturated heterocycles. The first kappa shape index (κ1) is 34.7. The number of phenolic OH excluding ortho intramolecular Hbond substituents is 1. The summed E-state index contributed by atoms with van der Waals surface area (Å²) >= 11 is 0. The third kappa shape index (κ3) is 6.36. The summed E-state index contributed by atoms with van der Waals surface area (Å²) in [6, 6.07) is 24.2.